The highest BCUT2D eigenvalue weighted by Crippen LogP contribution is 2.20. The molecule has 1 aromatic rings. The molecule has 0 aliphatic rings. The molecule has 0 aliphatic heterocycles. The van der Waals surface area contributed by atoms with Crippen molar-refractivity contribution in [2.24, 2.45) is 0 Å². The Labute approximate surface area is 109 Å². The number of hydrogen-bond acceptors (Lipinski definition) is 4. The Morgan fingerprint density at radius 2 is 2.17 bits per heavy atom. The van der Waals surface area contributed by atoms with E-state index in [1.807, 2.05) is 6.07 Å². The number of hydrogen-bond donors (Lipinski definition) is 1. The molecule has 1 aromatic carbocycles. The second-order valence-corrected chi connectivity index (χ2v) is 5.68. The average Bonchev–Trinajstić information content (AvgIpc) is 2.30. The molecule has 0 amide bonds. The summed E-state index contributed by atoms with van der Waals surface area (Å²) in [6.45, 7) is 3.13. The highest BCUT2D eigenvalue weighted by molar-refractivity contribution is 7.84. The van der Waals surface area contributed by atoms with Crippen LogP contribution in [0, 0.1) is 17.0 Å². The summed E-state index contributed by atoms with van der Waals surface area (Å²) < 4.78 is 10.9. The van der Waals surface area contributed by atoms with Crippen LogP contribution >= 0.6 is 0 Å². The predicted molar refractivity (Wildman–Crippen MR) is 73.1 cm³/mol. The molecule has 0 saturated carbocycles. The molecule has 1 N–H and O–H groups in total. The lowest BCUT2D eigenvalue weighted by atomic mass is 10.1. The molecule has 1 rings (SSSR count). The zero-order valence-electron chi connectivity index (χ0n) is 10.6. The minimum Gasteiger partial charge on any atom is -0.313 e. The van der Waals surface area contributed by atoms with Gasteiger partial charge in [0, 0.05) is 41.0 Å². The molecule has 0 spiro atoms. The van der Waals surface area contributed by atoms with E-state index in [0.717, 1.165) is 18.5 Å². The molecule has 0 radical (unpaired) electrons. The Bertz CT molecular complexity index is 449. The van der Waals surface area contributed by atoms with Gasteiger partial charge in [0.15, 0.2) is 0 Å². The largest absolute Gasteiger partial charge is 0.313 e. The van der Waals surface area contributed by atoms with Crippen molar-refractivity contribution in [2.75, 3.05) is 18.6 Å². The van der Waals surface area contributed by atoms with Gasteiger partial charge in [0.1, 0.15) is 0 Å². The molecule has 6 heteroatoms. The molecule has 100 valence electrons. The van der Waals surface area contributed by atoms with Crippen LogP contribution in [0.15, 0.2) is 18.2 Å². The fourth-order valence-electron chi connectivity index (χ4n) is 1.68. The van der Waals surface area contributed by atoms with Crippen molar-refractivity contribution in [3.63, 3.8) is 0 Å². The van der Waals surface area contributed by atoms with Crippen molar-refractivity contribution in [2.45, 2.75) is 19.9 Å². The molecule has 5 nitrogen and oxygen atoms in total. The van der Waals surface area contributed by atoms with Crippen LogP contribution in [0.4, 0.5) is 5.69 Å². The summed E-state index contributed by atoms with van der Waals surface area (Å²) >= 11 is 0. The minimum atomic E-state index is -0.757. The molecule has 0 bridgehead atoms. The molecule has 0 heterocycles. The van der Waals surface area contributed by atoms with Gasteiger partial charge >= 0.3 is 0 Å². The van der Waals surface area contributed by atoms with Crippen molar-refractivity contribution in [1.82, 2.24) is 5.32 Å². The topological polar surface area (TPSA) is 72.2 Å². The van der Waals surface area contributed by atoms with E-state index in [1.165, 1.54) is 6.07 Å². The lowest BCUT2D eigenvalue weighted by Gasteiger charge is -2.07. The third-order valence-electron chi connectivity index (χ3n) is 2.71. The van der Waals surface area contributed by atoms with Gasteiger partial charge in [0.2, 0.25) is 0 Å². The third-order valence-corrected chi connectivity index (χ3v) is 3.58. The molecular weight excluding hydrogens is 252 g/mol. The summed E-state index contributed by atoms with van der Waals surface area (Å²) in [7, 11) is -0.757. The maximum absolute atomic E-state index is 10.9. The van der Waals surface area contributed by atoms with E-state index in [0.29, 0.717) is 17.9 Å². The SMILES string of the molecule is Cc1c(CNCCCS(C)=O)cccc1[N+](=O)[O-]. The van der Waals surface area contributed by atoms with Crippen LogP contribution in [0.25, 0.3) is 0 Å². The summed E-state index contributed by atoms with van der Waals surface area (Å²) in [6.07, 6.45) is 2.53. The van der Waals surface area contributed by atoms with E-state index >= 15 is 0 Å². The van der Waals surface area contributed by atoms with Crippen LogP contribution in [0.3, 0.4) is 0 Å². The highest BCUT2D eigenvalue weighted by Gasteiger charge is 2.12. The molecule has 1 unspecified atom stereocenters. The van der Waals surface area contributed by atoms with Crippen LogP contribution in [0.1, 0.15) is 17.5 Å². The Balaban J connectivity index is 2.50. The smallest absolute Gasteiger partial charge is 0.272 e. The molecule has 18 heavy (non-hydrogen) atoms. The van der Waals surface area contributed by atoms with Gasteiger partial charge in [-0.2, -0.15) is 0 Å². The van der Waals surface area contributed by atoms with Gasteiger partial charge in [-0.25, -0.2) is 0 Å². The van der Waals surface area contributed by atoms with E-state index in [-0.39, 0.29) is 10.6 Å². The summed E-state index contributed by atoms with van der Waals surface area (Å²) in [5, 5.41) is 14.0. The Hall–Kier alpha value is -1.27. The summed E-state index contributed by atoms with van der Waals surface area (Å²) in [6, 6.07) is 5.09. The second kappa shape index (κ2) is 7.23. The number of nitro groups is 1. The van der Waals surface area contributed by atoms with Gasteiger partial charge < -0.3 is 5.32 Å². The van der Waals surface area contributed by atoms with Gasteiger partial charge in [-0.05, 0) is 25.5 Å². The van der Waals surface area contributed by atoms with Gasteiger partial charge in [-0.3, -0.25) is 14.3 Å². The molecule has 0 fully saturated rings. The summed E-state index contributed by atoms with van der Waals surface area (Å²) in [5.74, 6) is 0.681. The fraction of sp³-hybridized carbons (Fsp3) is 0.500. The van der Waals surface area contributed by atoms with Crippen LogP contribution in [-0.4, -0.2) is 27.7 Å². The maximum atomic E-state index is 10.9. The number of nitrogens with zero attached hydrogens (tertiary/aromatic N) is 1. The molecule has 0 aromatic heterocycles. The van der Waals surface area contributed by atoms with Gasteiger partial charge in [0.25, 0.3) is 5.69 Å². The lowest BCUT2D eigenvalue weighted by molar-refractivity contribution is -0.385. The van der Waals surface area contributed by atoms with E-state index in [4.69, 9.17) is 0 Å². The second-order valence-electron chi connectivity index (χ2n) is 4.13. The molecule has 1 atom stereocenters. The zero-order chi connectivity index (χ0) is 13.5. The van der Waals surface area contributed by atoms with Crippen molar-refractivity contribution in [3.8, 4) is 0 Å². The number of benzene rings is 1. The molecule has 0 saturated heterocycles. The molecule has 0 aliphatic carbocycles. The van der Waals surface area contributed by atoms with Crippen LogP contribution in [0.2, 0.25) is 0 Å². The number of rotatable bonds is 7. The monoisotopic (exact) mass is 270 g/mol. The van der Waals surface area contributed by atoms with Gasteiger partial charge in [-0.1, -0.05) is 12.1 Å². The van der Waals surface area contributed by atoms with Gasteiger partial charge in [0.05, 0.1) is 4.92 Å². The van der Waals surface area contributed by atoms with Crippen LogP contribution < -0.4 is 5.32 Å². The minimum absolute atomic E-state index is 0.156. The van der Waals surface area contributed by atoms with E-state index < -0.39 is 10.8 Å². The normalized spacial score (nSPS) is 12.3. The first kappa shape index (κ1) is 14.8. The zero-order valence-corrected chi connectivity index (χ0v) is 11.5. The Kier molecular flexibility index (Phi) is 5.94. The van der Waals surface area contributed by atoms with Crippen molar-refractivity contribution < 1.29 is 9.13 Å². The predicted octanol–water partition coefficient (Wildman–Crippen LogP) is 1.76. The van der Waals surface area contributed by atoms with Crippen LogP contribution in [0.5, 0.6) is 0 Å². The number of nitrogens with one attached hydrogen (secondary N) is 1. The standard InChI is InChI=1S/C12H18N2O3S/c1-10-11(5-3-6-12(10)14(15)16)9-13-7-4-8-18(2)17/h3,5-6,13H,4,7-9H2,1-2H3. The summed E-state index contributed by atoms with van der Waals surface area (Å²) in [5.41, 5.74) is 1.79. The molecular formula is C12H18N2O3S. The highest BCUT2D eigenvalue weighted by atomic mass is 32.2. The fourth-order valence-corrected chi connectivity index (χ4v) is 2.23. The Morgan fingerprint density at radius 1 is 1.44 bits per heavy atom. The quantitative estimate of drug-likeness (QED) is 0.465. The van der Waals surface area contributed by atoms with Crippen molar-refractivity contribution >= 4 is 16.5 Å². The van der Waals surface area contributed by atoms with E-state index in [1.54, 1.807) is 19.2 Å². The van der Waals surface area contributed by atoms with Crippen molar-refractivity contribution in [3.05, 3.63) is 39.4 Å². The van der Waals surface area contributed by atoms with Crippen LogP contribution in [-0.2, 0) is 17.3 Å². The average molecular weight is 270 g/mol. The Morgan fingerprint density at radius 3 is 2.78 bits per heavy atom. The van der Waals surface area contributed by atoms with E-state index in [2.05, 4.69) is 5.32 Å². The first-order valence-electron chi connectivity index (χ1n) is 5.76. The van der Waals surface area contributed by atoms with E-state index in [9.17, 15) is 14.3 Å². The first-order valence-corrected chi connectivity index (χ1v) is 7.48. The summed E-state index contributed by atoms with van der Waals surface area (Å²) in [4.78, 5) is 10.4. The first-order chi connectivity index (χ1) is 8.52. The lowest BCUT2D eigenvalue weighted by Crippen LogP contribution is -2.17. The van der Waals surface area contributed by atoms with Gasteiger partial charge in [-0.15, -0.1) is 0 Å². The third kappa shape index (κ3) is 4.54. The maximum Gasteiger partial charge on any atom is 0.272 e. The van der Waals surface area contributed by atoms with Crippen molar-refractivity contribution in [1.29, 1.82) is 0 Å². The number of nitro benzene ring substituents is 1.